The molecule has 0 saturated carbocycles. The quantitative estimate of drug-likeness (QED) is 0.663. The zero-order valence-electron chi connectivity index (χ0n) is 10.1. The molecule has 0 spiro atoms. The lowest BCUT2D eigenvalue weighted by Gasteiger charge is -2.04. The molecule has 0 aliphatic heterocycles. The van der Waals surface area contributed by atoms with Crippen molar-refractivity contribution in [1.82, 2.24) is 4.98 Å². The zero-order valence-corrected chi connectivity index (χ0v) is 10.8. The van der Waals surface area contributed by atoms with Crippen LogP contribution in [0.1, 0.15) is 18.1 Å². The van der Waals surface area contributed by atoms with Crippen molar-refractivity contribution in [2.75, 3.05) is 0 Å². The van der Waals surface area contributed by atoms with Crippen LogP contribution >= 0.6 is 11.6 Å². The standard InChI is InChI=1S/C14H12ClNO2/c1-8-3-4-12-10(5-8)7-11(13(15)16-12)6-9(2)14(17)18/h3-7H,1-2H3,(H,17,18)/b9-6+. The number of hydrogen-bond donors (Lipinski definition) is 1. The Bertz CT molecular complexity index is 662. The number of carboxylic acids is 1. The van der Waals surface area contributed by atoms with Crippen LogP contribution in [0.15, 0.2) is 29.8 Å². The second-order valence-corrected chi connectivity index (χ2v) is 4.56. The van der Waals surface area contributed by atoms with E-state index in [4.69, 9.17) is 16.7 Å². The topological polar surface area (TPSA) is 50.2 Å². The first-order valence-corrected chi connectivity index (χ1v) is 5.83. The third-order valence-electron chi connectivity index (χ3n) is 2.66. The van der Waals surface area contributed by atoms with Crippen LogP contribution in [0, 0.1) is 6.92 Å². The number of nitrogens with zero attached hydrogens (tertiary/aromatic N) is 1. The van der Waals surface area contributed by atoms with Crippen LogP contribution in [0.25, 0.3) is 17.0 Å². The third kappa shape index (κ3) is 2.51. The summed E-state index contributed by atoms with van der Waals surface area (Å²) in [6.45, 7) is 3.52. The van der Waals surface area contributed by atoms with E-state index < -0.39 is 5.97 Å². The fourth-order valence-corrected chi connectivity index (χ4v) is 1.89. The number of rotatable bonds is 2. The zero-order chi connectivity index (χ0) is 13.3. The van der Waals surface area contributed by atoms with Gasteiger partial charge in [-0.3, -0.25) is 0 Å². The van der Waals surface area contributed by atoms with E-state index >= 15 is 0 Å². The number of aryl methyl sites for hydroxylation is 1. The number of fused-ring (bicyclic) bond motifs is 1. The lowest BCUT2D eigenvalue weighted by molar-refractivity contribution is -0.132. The van der Waals surface area contributed by atoms with Crippen LogP contribution in [0.4, 0.5) is 0 Å². The molecule has 2 rings (SSSR count). The summed E-state index contributed by atoms with van der Waals surface area (Å²) in [6, 6.07) is 7.70. The monoisotopic (exact) mass is 261 g/mol. The normalized spacial score (nSPS) is 11.8. The molecule has 0 fully saturated rings. The molecule has 4 heteroatoms. The lowest BCUT2D eigenvalue weighted by atomic mass is 10.1. The van der Waals surface area contributed by atoms with E-state index in [9.17, 15) is 4.79 Å². The van der Waals surface area contributed by atoms with Gasteiger partial charge in [0.15, 0.2) is 0 Å². The number of benzene rings is 1. The number of aliphatic carboxylic acids is 1. The average molecular weight is 262 g/mol. The first-order chi connectivity index (χ1) is 8.47. The summed E-state index contributed by atoms with van der Waals surface area (Å²) in [6.07, 6.45) is 1.53. The Morgan fingerprint density at radius 2 is 2.11 bits per heavy atom. The summed E-state index contributed by atoms with van der Waals surface area (Å²) >= 11 is 6.04. The van der Waals surface area contributed by atoms with Crippen LogP contribution in [0.2, 0.25) is 5.15 Å². The van der Waals surface area contributed by atoms with Crippen molar-refractivity contribution in [3.05, 3.63) is 46.1 Å². The second kappa shape index (κ2) is 4.78. The summed E-state index contributed by atoms with van der Waals surface area (Å²) in [4.78, 5) is 15.1. The van der Waals surface area contributed by atoms with Gasteiger partial charge in [-0.05, 0) is 38.1 Å². The summed E-state index contributed by atoms with van der Waals surface area (Å²) in [5, 5.41) is 10.1. The van der Waals surface area contributed by atoms with E-state index in [0.29, 0.717) is 10.7 Å². The van der Waals surface area contributed by atoms with Crippen LogP contribution in [0.3, 0.4) is 0 Å². The van der Waals surface area contributed by atoms with Crippen molar-refractivity contribution in [2.24, 2.45) is 0 Å². The number of hydrogen-bond acceptors (Lipinski definition) is 2. The number of carboxylic acid groups (broad SMARTS) is 1. The SMILES string of the molecule is C/C(=C\c1cc2cc(C)ccc2nc1Cl)C(=O)O. The highest BCUT2D eigenvalue weighted by molar-refractivity contribution is 6.31. The predicted molar refractivity (Wildman–Crippen MR) is 72.8 cm³/mol. The molecule has 1 aromatic heterocycles. The first kappa shape index (κ1) is 12.6. The van der Waals surface area contributed by atoms with Gasteiger partial charge in [0.05, 0.1) is 5.52 Å². The minimum absolute atomic E-state index is 0.228. The van der Waals surface area contributed by atoms with Crippen LogP contribution in [-0.4, -0.2) is 16.1 Å². The Balaban J connectivity index is 2.61. The van der Waals surface area contributed by atoms with Gasteiger partial charge in [-0.25, -0.2) is 9.78 Å². The molecule has 3 nitrogen and oxygen atoms in total. The van der Waals surface area contributed by atoms with Gasteiger partial charge >= 0.3 is 5.97 Å². The Morgan fingerprint density at radius 1 is 1.39 bits per heavy atom. The fraction of sp³-hybridized carbons (Fsp3) is 0.143. The van der Waals surface area contributed by atoms with Gasteiger partial charge < -0.3 is 5.11 Å². The van der Waals surface area contributed by atoms with Crippen molar-refractivity contribution in [2.45, 2.75) is 13.8 Å². The maximum absolute atomic E-state index is 10.8. The van der Waals surface area contributed by atoms with Gasteiger partial charge in [0, 0.05) is 16.5 Å². The van der Waals surface area contributed by atoms with Gasteiger partial charge in [-0.2, -0.15) is 0 Å². The Labute approximate surface area is 110 Å². The third-order valence-corrected chi connectivity index (χ3v) is 2.96. The van der Waals surface area contributed by atoms with Gasteiger partial charge in [-0.1, -0.05) is 23.2 Å². The van der Waals surface area contributed by atoms with Crippen LogP contribution < -0.4 is 0 Å². The summed E-state index contributed by atoms with van der Waals surface area (Å²) in [5.41, 5.74) is 2.77. The number of pyridine rings is 1. The van der Waals surface area contributed by atoms with E-state index in [1.54, 1.807) is 0 Å². The minimum Gasteiger partial charge on any atom is -0.478 e. The van der Waals surface area contributed by atoms with Crippen molar-refractivity contribution >= 4 is 34.5 Å². The number of halogens is 1. The molecule has 0 amide bonds. The van der Waals surface area contributed by atoms with Gasteiger partial charge in [0.2, 0.25) is 0 Å². The van der Waals surface area contributed by atoms with E-state index in [1.165, 1.54) is 13.0 Å². The van der Waals surface area contributed by atoms with Crippen molar-refractivity contribution in [3.63, 3.8) is 0 Å². The molecule has 0 radical (unpaired) electrons. The molecule has 1 aromatic carbocycles. The van der Waals surface area contributed by atoms with Gasteiger partial charge in [-0.15, -0.1) is 0 Å². The Hall–Kier alpha value is -1.87. The van der Waals surface area contributed by atoms with Gasteiger partial charge in [0.25, 0.3) is 0 Å². The number of carbonyl (C=O) groups is 1. The van der Waals surface area contributed by atoms with Crippen molar-refractivity contribution < 1.29 is 9.90 Å². The highest BCUT2D eigenvalue weighted by Crippen LogP contribution is 2.23. The molecule has 0 saturated heterocycles. The molecule has 0 aliphatic carbocycles. The second-order valence-electron chi connectivity index (χ2n) is 4.20. The molecule has 0 bridgehead atoms. The molecule has 18 heavy (non-hydrogen) atoms. The highest BCUT2D eigenvalue weighted by atomic mass is 35.5. The average Bonchev–Trinajstić information content (AvgIpc) is 2.30. The van der Waals surface area contributed by atoms with E-state index in [-0.39, 0.29) is 5.57 Å². The molecule has 92 valence electrons. The van der Waals surface area contributed by atoms with Crippen LogP contribution in [0.5, 0.6) is 0 Å². The van der Waals surface area contributed by atoms with Crippen molar-refractivity contribution in [3.8, 4) is 0 Å². The molecule has 0 atom stereocenters. The fourth-order valence-electron chi connectivity index (χ4n) is 1.68. The maximum Gasteiger partial charge on any atom is 0.331 e. The van der Waals surface area contributed by atoms with E-state index in [2.05, 4.69) is 4.98 Å². The molecule has 1 N–H and O–H groups in total. The number of aromatic nitrogens is 1. The van der Waals surface area contributed by atoms with E-state index in [0.717, 1.165) is 16.5 Å². The molecule has 1 heterocycles. The first-order valence-electron chi connectivity index (χ1n) is 5.46. The Kier molecular flexibility index (Phi) is 3.34. The predicted octanol–water partition coefficient (Wildman–Crippen LogP) is 3.68. The molecular formula is C14H12ClNO2. The smallest absolute Gasteiger partial charge is 0.331 e. The summed E-state index contributed by atoms with van der Waals surface area (Å²) in [7, 11) is 0. The lowest BCUT2D eigenvalue weighted by Crippen LogP contribution is -1.96. The summed E-state index contributed by atoms with van der Waals surface area (Å²) in [5.74, 6) is -0.963. The molecule has 2 aromatic rings. The largest absolute Gasteiger partial charge is 0.478 e. The molecular weight excluding hydrogens is 250 g/mol. The highest BCUT2D eigenvalue weighted by Gasteiger charge is 2.06. The van der Waals surface area contributed by atoms with Gasteiger partial charge in [0.1, 0.15) is 5.15 Å². The minimum atomic E-state index is -0.963. The maximum atomic E-state index is 10.8. The molecule has 0 aliphatic rings. The van der Waals surface area contributed by atoms with E-state index in [1.807, 2.05) is 31.2 Å². The van der Waals surface area contributed by atoms with Crippen molar-refractivity contribution in [1.29, 1.82) is 0 Å². The summed E-state index contributed by atoms with van der Waals surface area (Å²) < 4.78 is 0. The molecule has 0 unspecified atom stereocenters. The van der Waals surface area contributed by atoms with Crippen LogP contribution in [-0.2, 0) is 4.79 Å². The Morgan fingerprint density at radius 3 is 2.78 bits per heavy atom.